The van der Waals surface area contributed by atoms with E-state index in [0.717, 1.165) is 51.5 Å². The van der Waals surface area contributed by atoms with E-state index in [-0.39, 0.29) is 0 Å². The van der Waals surface area contributed by atoms with Gasteiger partial charge in [0.2, 0.25) is 5.95 Å². The molecule has 22 heavy (non-hydrogen) atoms. The molecule has 2 aromatic heterocycles. The number of pyridine rings is 1. The van der Waals surface area contributed by atoms with Crippen molar-refractivity contribution < 1.29 is 4.39 Å². The number of hydrogen-bond acceptors (Lipinski definition) is 4. The molecule has 0 amide bonds. The average Bonchev–Trinajstić information content (AvgIpc) is 2.84. The van der Waals surface area contributed by atoms with Gasteiger partial charge in [0.25, 0.3) is 0 Å². The Bertz CT molecular complexity index is 612. The van der Waals surface area contributed by atoms with Crippen molar-refractivity contribution in [3.8, 4) is 0 Å². The van der Waals surface area contributed by atoms with Gasteiger partial charge < -0.3 is 4.90 Å². The Kier molecular flexibility index (Phi) is 4.68. The Morgan fingerprint density at radius 1 is 1.18 bits per heavy atom. The van der Waals surface area contributed by atoms with E-state index in [1.807, 2.05) is 16.9 Å². The van der Waals surface area contributed by atoms with E-state index >= 15 is 0 Å². The van der Waals surface area contributed by atoms with E-state index in [4.69, 9.17) is 0 Å². The number of aromatic nitrogens is 3. The first-order valence-electron chi connectivity index (χ1n) is 7.86. The van der Waals surface area contributed by atoms with E-state index in [1.54, 1.807) is 6.07 Å². The summed E-state index contributed by atoms with van der Waals surface area (Å²) in [5, 5.41) is 4.32. The lowest BCUT2D eigenvalue weighted by atomic mass is 10.3. The third-order valence-electron chi connectivity index (χ3n) is 4.03. The minimum absolute atomic E-state index is 0.411. The van der Waals surface area contributed by atoms with Crippen molar-refractivity contribution >= 4 is 5.82 Å². The predicted molar refractivity (Wildman–Crippen MR) is 84.2 cm³/mol. The zero-order valence-electron chi connectivity index (χ0n) is 13.0. The highest BCUT2D eigenvalue weighted by Crippen LogP contribution is 2.15. The van der Waals surface area contributed by atoms with Crippen molar-refractivity contribution in [3.05, 3.63) is 42.1 Å². The maximum atomic E-state index is 13.3. The summed E-state index contributed by atoms with van der Waals surface area (Å²) in [5.41, 5.74) is 1.25. The van der Waals surface area contributed by atoms with Crippen LogP contribution in [-0.4, -0.2) is 45.8 Å². The molecule has 0 unspecified atom stereocenters. The van der Waals surface area contributed by atoms with Crippen molar-refractivity contribution in [2.75, 3.05) is 31.1 Å². The van der Waals surface area contributed by atoms with Crippen LogP contribution >= 0.6 is 0 Å². The van der Waals surface area contributed by atoms with Crippen LogP contribution in [0, 0.1) is 5.95 Å². The molecule has 0 aliphatic carbocycles. The topological polar surface area (TPSA) is 37.2 Å². The van der Waals surface area contributed by atoms with Gasteiger partial charge in [-0.3, -0.25) is 9.58 Å². The van der Waals surface area contributed by atoms with Crippen LogP contribution in [0.3, 0.4) is 0 Å². The van der Waals surface area contributed by atoms with Gasteiger partial charge in [-0.2, -0.15) is 9.49 Å². The third-order valence-corrected chi connectivity index (χ3v) is 4.03. The van der Waals surface area contributed by atoms with Gasteiger partial charge in [0.05, 0.1) is 6.20 Å². The van der Waals surface area contributed by atoms with Crippen LogP contribution in [0.15, 0.2) is 30.6 Å². The molecular weight excluding hydrogens is 281 g/mol. The van der Waals surface area contributed by atoms with Gasteiger partial charge in [-0.05, 0) is 25.5 Å². The molecule has 0 saturated carbocycles. The number of halogens is 1. The summed E-state index contributed by atoms with van der Waals surface area (Å²) >= 11 is 0. The van der Waals surface area contributed by atoms with Crippen LogP contribution < -0.4 is 4.90 Å². The van der Waals surface area contributed by atoms with Gasteiger partial charge >= 0.3 is 0 Å². The van der Waals surface area contributed by atoms with Gasteiger partial charge in [-0.15, -0.1) is 0 Å². The molecule has 3 heterocycles. The summed E-state index contributed by atoms with van der Waals surface area (Å²) < 4.78 is 15.2. The summed E-state index contributed by atoms with van der Waals surface area (Å²) in [5.74, 6) is 0.325. The smallest absolute Gasteiger partial charge is 0.214 e. The lowest BCUT2D eigenvalue weighted by molar-refractivity contribution is 0.285. The summed E-state index contributed by atoms with van der Waals surface area (Å²) in [6.45, 7) is 7.70. The van der Waals surface area contributed by atoms with Crippen LogP contribution in [0.25, 0.3) is 0 Å². The van der Waals surface area contributed by atoms with Crippen LogP contribution in [0.5, 0.6) is 0 Å². The van der Waals surface area contributed by atoms with Gasteiger partial charge in [-0.1, -0.05) is 6.07 Å². The third kappa shape index (κ3) is 3.62. The molecule has 0 spiro atoms. The average molecular weight is 303 g/mol. The first kappa shape index (κ1) is 15.0. The Balaban J connectivity index is 1.60. The zero-order chi connectivity index (χ0) is 15.4. The van der Waals surface area contributed by atoms with Crippen molar-refractivity contribution in [2.45, 2.75) is 26.4 Å². The Morgan fingerprint density at radius 3 is 2.86 bits per heavy atom. The van der Waals surface area contributed by atoms with E-state index in [9.17, 15) is 4.39 Å². The molecule has 0 atom stereocenters. The quantitative estimate of drug-likeness (QED) is 0.811. The zero-order valence-corrected chi connectivity index (χ0v) is 13.0. The normalized spacial score (nSPS) is 16.7. The summed E-state index contributed by atoms with van der Waals surface area (Å²) in [4.78, 5) is 8.58. The highest BCUT2D eigenvalue weighted by Gasteiger charge is 2.16. The molecule has 6 heteroatoms. The van der Waals surface area contributed by atoms with Crippen LogP contribution in [0.1, 0.15) is 18.9 Å². The maximum Gasteiger partial charge on any atom is 0.214 e. The Hall–Kier alpha value is -1.95. The molecule has 118 valence electrons. The van der Waals surface area contributed by atoms with Crippen molar-refractivity contribution in [3.63, 3.8) is 0 Å². The predicted octanol–water partition coefficient (Wildman–Crippen LogP) is 2.15. The van der Waals surface area contributed by atoms with E-state index in [1.165, 1.54) is 11.6 Å². The standard InChI is InChI=1S/C16H22FN5/c1-2-22-13-14(11-18-22)12-20-7-4-8-21(10-9-20)16-6-3-5-15(17)19-16/h3,5-6,11,13H,2,4,7-10,12H2,1H3. The van der Waals surface area contributed by atoms with Crippen molar-refractivity contribution in [1.29, 1.82) is 0 Å². The maximum absolute atomic E-state index is 13.3. The second-order valence-electron chi connectivity index (χ2n) is 5.64. The largest absolute Gasteiger partial charge is 0.355 e. The number of hydrogen-bond donors (Lipinski definition) is 0. The number of anilines is 1. The van der Waals surface area contributed by atoms with Crippen molar-refractivity contribution in [1.82, 2.24) is 19.7 Å². The first-order valence-corrected chi connectivity index (χ1v) is 7.86. The molecule has 0 N–H and O–H groups in total. The molecule has 0 aromatic carbocycles. The molecular formula is C16H22FN5. The van der Waals surface area contributed by atoms with Gasteiger partial charge in [-0.25, -0.2) is 4.98 Å². The monoisotopic (exact) mass is 303 g/mol. The fourth-order valence-corrected chi connectivity index (χ4v) is 2.85. The van der Waals surface area contributed by atoms with Gasteiger partial charge in [0, 0.05) is 51.0 Å². The van der Waals surface area contributed by atoms with Gasteiger partial charge in [0.1, 0.15) is 5.82 Å². The Labute approximate surface area is 130 Å². The lowest BCUT2D eigenvalue weighted by Gasteiger charge is -2.22. The molecule has 1 fully saturated rings. The molecule has 0 radical (unpaired) electrons. The van der Waals surface area contributed by atoms with Gasteiger partial charge in [0.15, 0.2) is 0 Å². The molecule has 1 aliphatic rings. The fourth-order valence-electron chi connectivity index (χ4n) is 2.85. The summed E-state index contributed by atoms with van der Waals surface area (Å²) in [6, 6.07) is 4.99. The SMILES string of the molecule is CCn1cc(CN2CCCN(c3cccc(F)n3)CC2)cn1. The second kappa shape index (κ2) is 6.87. The van der Waals surface area contributed by atoms with Crippen LogP contribution in [-0.2, 0) is 13.1 Å². The fraction of sp³-hybridized carbons (Fsp3) is 0.500. The molecule has 3 rings (SSSR count). The van der Waals surface area contributed by atoms with E-state index < -0.39 is 5.95 Å². The molecule has 5 nitrogen and oxygen atoms in total. The molecule has 2 aromatic rings. The molecule has 1 saturated heterocycles. The molecule has 0 bridgehead atoms. The second-order valence-corrected chi connectivity index (χ2v) is 5.64. The number of rotatable bonds is 4. The van der Waals surface area contributed by atoms with E-state index in [2.05, 4.69) is 33.0 Å². The number of aryl methyl sites for hydroxylation is 1. The first-order chi connectivity index (χ1) is 10.7. The highest BCUT2D eigenvalue weighted by atomic mass is 19.1. The highest BCUT2D eigenvalue weighted by molar-refractivity contribution is 5.38. The minimum Gasteiger partial charge on any atom is -0.355 e. The minimum atomic E-state index is -0.411. The summed E-state index contributed by atoms with van der Waals surface area (Å²) in [6.07, 6.45) is 5.11. The van der Waals surface area contributed by atoms with Crippen LogP contribution in [0.2, 0.25) is 0 Å². The van der Waals surface area contributed by atoms with Crippen LogP contribution in [0.4, 0.5) is 10.2 Å². The van der Waals surface area contributed by atoms with E-state index in [0.29, 0.717) is 0 Å². The number of nitrogens with zero attached hydrogens (tertiary/aromatic N) is 5. The van der Waals surface area contributed by atoms with Crippen molar-refractivity contribution in [2.24, 2.45) is 0 Å². The summed E-state index contributed by atoms with van der Waals surface area (Å²) in [7, 11) is 0. The Morgan fingerprint density at radius 2 is 2.09 bits per heavy atom. The lowest BCUT2D eigenvalue weighted by Crippen LogP contribution is -2.31. The molecule has 1 aliphatic heterocycles.